The Hall–Kier alpha value is -0.970. The summed E-state index contributed by atoms with van der Waals surface area (Å²) in [6.07, 6.45) is -12.5. The van der Waals surface area contributed by atoms with Crippen LogP contribution in [0.15, 0.2) is 0 Å². The van der Waals surface area contributed by atoms with Gasteiger partial charge in [-0.2, -0.15) is 0 Å². The standard InChI is InChI=1S/C14H25NO12/c1-5(19)15-14(12(24)10(22)8(20)6(2-16)26-14)27-13(4-18)11(23)9(21)7(3-17)25-13/h6-12,16-18,20-24H,2-4H2,1H3,(H,15,19)/t6-,7-,8-,9-,10+,11+,12-,13?,14-/m1/s1. The second kappa shape index (κ2) is 8.18. The number of carbonyl (C=O) groups excluding carboxylic acids is 1. The maximum Gasteiger partial charge on any atom is 0.284 e. The van der Waals surface area contributed by atoms with E-state index in [4.69, 9.17) is 14.2 Å². The monoisotopic (exact) mass is 399 g/mol. The summed E-state index contributed by atoms with van der Waals surface area (Å²) in [6.45, 7) is -1.75. The van der Waals surface area contributed by atoms with Gasteiger partial charge in [0.25, 0.3) is 5.91 Å². The Balaban J connectivity index is 2.45. The van der Waals surface area contributed by atoms with E-state index in [1.165, 1.54) is 0 Å². The molecule has 2 saturated heterocycles. The minimum absolute atomic E-state index is 0.763. The molecule has 1 amide bonds. The molecular formula is C14H25NO12. The molecule has 0 radical (unpaired) electrons. The summed E-state index contributed by atoms with van der Waals surface area (Å²) >= 11 is 0. The van der Waals surface area contributed by atoms with Crippen LogP contribution in [0.4, 0.5) is 0 Å². The van der Waals surface area contributed by atoms with Crippen LogP contribution < -0.4 is 5.32 Å². The third kappa shape index (κ3) is 3.81. The molecule has 2 aliphatic heterocycles. The zero-order valence-electron chi connectivity index (χ0n) is 14.4. The molecule has 0 aliphatic carbocycles. The molecule has 0 bridgehead atoms. The molecule has 13 heteroatoms. The predicted molar refractivity (Wildman–Crippen MR) is 81.4 cm³/mol. The number of ether oxygens (including phenoxy) is 3. The quantitative estimate of drug-likeness (QED) is 0.191. The number of rotatable bonds is 6. The van der Waals surface area contributed by atoms with Crippen molar-refractivity contribution in [1.82, 2.24) is 5.32 Å². The van der Waals surface area contributed by atoms with Crippen LogP contribution in [0.5, 0.6) is 0 Å². The SMILES string of the molecule is CC(=O)N[C@@]1(OC2(CO)O[C@H](CO)[C@@H](O)[C@@H]2O)O[C@H](CO)[C@@H](O)[C@H](O)[C@H]1O. The Morgan fingerprint density at radius 3 is 1.93 bits per heavy atom. The maximum atomic E-state index is 11.6. The van der Waals surface area contributed by atoms with Gasteiger partial charge in [-0.15, -0.1) is 0 Å². The summed E-state index contributed by atoms with van der Waals surface area (Å²) < 4.78 is 15.8. The van der Waals surface area contributed by atoms with Gasteiger partial charge in [0.1, 0.15) is 43.2 Å². The van der Waals surface area contributed by atoms with Crippen LogP contribution in [0.25, 0.3) is 0 Å². The number of hydrogen-bond donors (Lipinski definition) is 9. The minimum Gasteiger partial charge on any atom is -0.394 e. The molecule has 9 N–H and O–H groups in total. The third-order valence-corrected chi connectivity index (χ3v) is 4.53. The highest BCUT2D eigenvalue weighted by Crippen LogP contribution is 2.39. The first-order chi connectivity index (χ1) is 12.6. The van der Waals surface area contributed by atoms with Crippen LogP contribution in [0.2, 0.25) is 0 Å². The summed E-state index contributed by atoms with van der Waals surface area (Å²) in [5.74, 6) is -6.03. The van der Waals surface area contributed by atoms with Crippen LogP contribution in [0.3, 0.4) is 0 Å². The van der Waals surface area contributed by atoms with Crippen LogP contribution in [-0.4, -0.2) is 121 Å². The van der Waals surface area contributed by atoms with E-state index in [0.29, 0.717) is 0 Å². The highest BCUT2D eigenvalue weighted by atomic mass is 16.8. The van der Waals surface area contributed by atoms with E-state index in [-0.39, 0.29) is 0 Å². The van der Waals surface area contributed by atoms with Crippen molar-refractivity contribution in [2.75, 3.05) is 19.8 Å². The first-order valence-electron chi connectivity index (χ1n) is 8.15. The summed E-state index contributed by atoms with van der Waals surface area (Å²) in [5.41, 5.74) is 0. The highest BCUT2D eigenvalue weighted by Gasteiger charge is 2.64. The van der Waals surface area contributed by atoms with E-state index < -0.39 is 80.2 Å². The second-order valence-corrected chi connectivity index (χ2v) is 6.46. The van der Waals surface area contributed by atoms with Crippen molar-refractivity contribution in [1.29, 1.82) is 0 Å². The topological polar surface area (TPSA) is 219 Å². The van der Waals surface area contributed by atoms with E-state index in [0.717, 1.165) is 6.92 Å². The van der Waals surface area contributed by atoms with Gasteiger partial charge in [-0.25, -0.2) is 0 Å². The number of hydrogen-bond acceptors (Lipinski definition) is 12. The van der Waals surface area contributed by atoms with Gasteiger partial charge in [-0.05, 0) is 0 Å². The zero-order valence-corrected chi connectivity index (χ0v) is 14.4. The van der Waals surface area contributed by atoms with Gasteiger partial charge < -0.3 is 55.6 Å². The fourth-order valence-corrected chi connectivity index (χ4v) is 3.11. The lowest BCUT2D eigenvalue weighted by atomic mass is 9.95. The lowest BCUT2D eigenvalue weighted by Gasteiger charge is -2.50. The molecule has 0 aromatic heterocycles. The molecule has 0 aromatic rings. The smallest absolute Gasteiger partial charge is 0.284 e. The van der Waals surface area contributed by atoms with Crippen molar-refractivity contribution in [3.05, 3.63) is 0 Å². The van der Waals surface area contributed by atoms with Gasteiger partial charge in [0, 0.05) is 6.92 Å². The third-order valence-electron chi connectivity index (χ3n) is 4.53. The molecule has 9 atom stereocenters. The number of aliphatic hydroxyl groups is 8. The summed E-state index contributed by atoms with van der Waals surface area (Å²) in [5, 5.41) is 80.8. The van der Waals surface area contributed by atoms with Crippen molar-refractivity contribution >= 4 is 5.91 Å². The fraction of sp³-hybridized carbons (Fsp3) is 0.929. The lowest BCUT2D eigenvalue weighted by Crippen LogP contribution is -2.75. The average Bonchev–Trinajstić information content (AvgIpc) is 2.87. The van der Waals surface area contributed by atoms with E-state index in [1.54, 1.807) is 0 Å². The van der Waals surface area contributed by atoms with Crippen molar-refractivity contribution in [2.24, 2.45) is 0 Å². The Morgan fingerprint density at radius 2 is 1.48 bits per heavy atom. The maximum absolute atomic E-state index is 11.6. The largest absolute Gasteiger partial charge is 0.394 e. The Bertz CT molecular complexity index is 534. The van der Waals surface area contributed by atoms with Crippen LogP contribution >= 0.6 is 0 Å². The minimum atomic E-state index is -2.69. The van der Waals surface area contributed by atoms with Crippen LogP contribution in [0.1, 0.15) is 6.92 Å². The summed E-state index contributed by atoms with van der Waals surface area (Å²) in [7, 11) is 0. The average molecular weight is 399 g/mol. The van der Waals surface area contributed by atoms with Gasteiger partial charge in [-0.1, -0.05) is 0 Å². The number of nitrogens with one attached hydrogen (secondary N) is 1. The molecular weight excluding hydrogens is 374 g/mol. The lowest BCUT2D eigenvalue weighted by molar-refractivity contribution is -0.440. The molecule has 0 saturated carbocycles. The van der Waals surface area contributed by atoms with Crippen molar-refractivity contribution in [2.45, 2.75) is 61.3 Å². The molecule has 0 spiro atoms. The van der Waals surface area contributed by atoms with Crippen LogP contribution in [-0.2, 0) is 19.0 Å². The molecule has 2 rings (SSSR count). The van der Waals surface area contributed by atoms with Crippen LogP contribution in [0, 0.1) is 0 Å². The molecule has 1 unspecified atom stereocenters. The van der Waals surface area contributed by atoms with E-state index >= 15 is 0 Å². The Labute approximate surface area is 153 Å². The normalized spacial score (nSPS) is 47.8. The van der Waals surface area contributed by atoms with Gasteiger partial charge in [0.2, 0.25) is 11.7 Å². The first-order valence-corrected chi connectivity index (χ1v) is 8.15. The van der Waals surface area contributed by atoms with E-state index in [1.807, 2.05) is 0 Å². The highest BCUT2D eigenvalue weighted by molar-refractivity contribution is 5.73. The first kappa shape index (κ1) is 22.3. The molecule has 13 nitrogen and oxygen atoms in total. The van der Waals surface area contributed by atoms with E-state index in [2.05, 4.69) is 5.32 Å². The Morgan fingerprint density at radius 1 is 0.926 bits per heavy atom. The molecule has 0 aromatic carbocycles. The molecule has 2 fully saturated rings. The molecule has 158 valence electrons. The summed E-state index contributed by atoms with van der Waals surface area (Å²) in [6, 6.07) is 0. The van der Waals surface area contributed by atoms with Gasteiger partial charge in [-0.3, -0.25) is 9.53 Å². The number of aliphatic hydroxyl groups excluding tert-OH is 8. The van der Waals surface area contributed by atoms with Gasteiger partial charge in [0.05, 0.1) is 13.2 Å². The summed E-state index contributed by atoms with van der Waals surface area (Å²) in [4.78, 5) is 11.6. The number of amides is 1. The van der Waals surface area contributed by atoms with Gasteiger partial charge >= 0.3 is 0 Å². The Kier molecular flexibility index (Phi) is 6.76. The van der Waals surface area contributed by atoms with Crippen molar-refractivity contribution in [3.8, 4) is 0 Å². The second-order valence-electron chi connectivity index (χ2n) is 6.46. The van der Waals surface area contributed by atoms with Crippen molar-refractivity contribution in [3.63, 3.8) is 0 Å². The van der Waals surface area contributed by atoms with Crippen molar-refractivity contribution < 1.29 is 59.9 Å². The van der Waals surface area contributed by atoms with Gasteiger partial charge in [0.15, 0.2) is 6.10 Å². The molecule has 2 aliphatic rings. The fourth-order valence-electron chi connectivity index (χ4n) is 3.11. The molecule has 27 heavy (non-hydrogen) atoms. The number of carbonyl (C=O) groups is 1. The molecule has 2 heterocycles. The van der Waals surface area contributed by atoms with E-state index in [9.17, 15) is 45.6 Å². The zero-order chi connectivity index (χ0) is 20.6. The predicted octanol–water partition coefficient (Wildman–Crippen LogP) is -5.93.